The predicted molar refractivity (Wildman–Crippen MR) is 72.0 cm³/mol. The molecule has 2 aliphatic heterocycles. The zero-order valence-corrected chi connectivity index (χ0v) is 11.4. The van der Waals surface area contributed by atoms with Gasteiger partial charge in [0, 0.05) is 17.2 Å². The molecule has 0 aromatic rings. The van der Waals surface area contributed by atoms with Crippen LogP contribution in [0.3, 0.4) is 0 Å². The molecule has 2 atom stereocenters. The predicted octanol–water partition coefficient (Wildman–Crippen LogP) is 3.21. The van der Waals surface area contributed by atoms with Gasteiger partial charge in [-0.25, -0.2) is 0 Å². The second kappa shape index (κ2) is 6.23. The number of ether oxygens (including phenoxy) is 1. The molecule has 1 saturated heterocycles. The first-order valence-corrected chi connectivity index (χ1v) is 7.36. The summed E-state index contributed by atoms with van der Waals surface area (Å²) in [7, 11) is 0. The van der Waals surface area contributed by atoms with Crippen LogP contribution in [0, 0.1) is 5.92 Å². The molecule has 2 rings (SSSR count). The molecule has 2 aliphatic rings. The van der Waals surface area contributed by atoms with Gasteiger partial charge in [0.25, 0.3) is 0 Å². The van der Waals surface area contributed by atoms with E-state index in [2.05, 4.69) is 6.92 Å². The first-order valence-electron chi connectivity index (χ1n) is 6.48. The third-order valence-corrected chi connectivity index (χ3v) is 4.20. The van der Waals surface area contributed by atoms with Gasteiger partial charge < -0.3 is 4.74 Å². The Hall–Kier alpha value is -1.03. The van der Waals surface area contributed by atoms with Crippen LogP contribution in [-0.4, -0.2) is 17.9 Å². The van der Waals surface area contributed by atoms with Gasteiger partial charge >= 0.3 is 5.97 Å². The van der Waals surface area contributed by atoms with E-state index in [4.69, 9.17) is 4.74 Å². The second-order valence-electron chi connectivity index (χ2n) is 4.68. The van der Waals surface area contributed by atoms with Crippen molar-refractivity contribution in [2.45, 2.75) is 45.1 Å². The maximum Gasteiger partial charge on any atom is 0.307 e. The number of allylic oxidation sites excluding steroid dienone is 1. The zero-order valence-electron chi connectivity index (χ0n) is 10.6. The lowest BCUT2D eigenvalue weighted by Crippen LogP contribution is -2.17. The minimum atomic E-state index is -0.165. The average molecular weight is 266 g/mol. The third kappa shape index (κ3) is 3.25. The van der Waals surface area contributed by atoms with Crippen molar-refractivity contribution in [3.05, 3.63) is 22.5 Å². The molecule has 98 valence electrons. The normalized spacial score (nSPS) is 28.3. The number of unbranched alkanes of at least 4 members (excludes halogenated alkanes) is 2. The Kier molecular flexibility index (Phi) is 4.64. The number of hydrogen-bond donors (Lipinski definition) is 0. The third-order valence-electron chi connectivity index (χ3n) is 3.22. The molecule has 0 saturated carbocycles. The molecule has 0 radical (unpaired) electrons. The summed E-state index contributed by atoms with van der Waals surface area (Å²) in [6, 6.07) is 0. The van der Waals surface area contributed by atoms with Crippen LogP contribution in [0.1, 0.15) is 39.0 Å². The number of carbonyl (C=O) groups excluding carboxylic acids is 2. The molecule has 4 heteroatoms. The Balaban J connectivity index is 1.97. The summed E-state index contributed by atoms with van der Waals surface area (Å²) in [6.45, 7) is 2.12. The highest BCUT2D eigenvalue weighted by Gasteiger charge is 2.37. The lowest BCUT2D eigenvalue weighted by atomic mass is 9.99. The smallest absolute Gasteiger partial charge is 0.307 e. The van der Waals surface area contributed by atoms with E-state index in [1.54, 1.807) is 6.08 Å². The largest absolute Gasteiger partial charge is 0.457 e. The second-order valence-corrected chi connectivity index (χ2v) is 5.66. The summed E-state index contributed by atoms with van der Waals surface area (Å²) in [5.41, 5.74) is 0. The lowest BCUT2D eigenvalue weighted by molar-refractivity contribution is -0.140. The highest BCUT2D eigenvalue weighted by Crippen LogP contribution is 2.40. The molecule has 0 bridgehead atoms. The Bertz CT molecular complexity index is 398. The molecular weight excluding hydrogens is 248 g/mol. The van der Waals surface area contributed by atoms with E-state index < -0.39 is 0 Å². The molecule has 2 heterocycles. The van der Waals surface area contributed by atoms with Crippen LogP contribution in [-0.2, 0) is 14.3 Å². The van der Waals surface area contributed by atoms with Gasteiger partial charge in [-0.15, -0.1) is 11.8 Å². The van der Waals surface area contributed by atoms with Crippen LogP contribution in [0.2, 0.25) is 0 Å². The number of hydrogen-bond acceptors (Lipinski definition) is 4. The Morgan fingerprint density at radius 3 is 3.17 bits per heavy atom. The molecule has 0 aliphatic carbocycles. The number of fused-ring (bicyclic) bond motifs is 1. The van der Waals surface area contributed by atoms with Gasteiger partial charge in [-0.3, -0.25) is 9.59 Å². The highest BCUT2D eigenvalue weighted by atomic mass is 32.2. The summed E-state index contributed by atoms with van der Waals surface area (Å²) >= 11 is 1.54. The molecule has 0 unspecified atom stereocenters. The quantitative estimate of drug-likeness (QED) is 0.435. The van der Waals surface area contributed by atoms with Crippen LogP contribution in [0.5, 0.6) is 0 Å². The van der Waals surface area contributed by atoms with Gasteiger partial charge in [-0.05, 0) is 24.0 Å². The van der Waals surface area contributed by atoms with E-state index in [0.717, 1.165) is 24.2 Å². The van der Waals surface area contributed by atoms with Crippen LogP contribution < -0.4 is 0 Å². The van der Waals surface area contributed by atoms with E-state index in [1.165, 1.54) is 11.8 Å². The lowest BCUT2D eigenvalue weighted by Gasteiger charge is -2.20. The van der Waals surface area contributed by atoms with Crippen molar-refractivity contribution in [2.75, 3.05) is 0 Å². The van der Waals surface area contributed by atoms with Gasteiger partial charge in [-0.1, -0.05) is 19.8 Å². The minimum absolute atomic E-state index is 0.0580. The van der Waals surface area contributed by atoms with Crippen LogP contribution in [0.4, 0.5) is 0 Å². The first-order chi connectivity index (χ1) is 8.70. The molecule has 0 amide bonds. The fourth-order valence-electron chi connectivity index (χ4n) is 2.22. The summed E-state index contributed by atoms with van der Waals surface area (Å²) in [5, 5.41) is 1.91. The number of esters is 1. The molecule has 3 nitrogen and oxygen atoms in total. The summed E-state index contributed by atoms with van der Waals surface area (Å²) in [5.74, 6) is 0.0588. The zero-order chi connectivity index (χ0) is 13.0. The Morgan fingerprint density at radius 1 is 1.56 bits per heavy atom. The van der Waals surface area contributed by atoms with E-state index in [0.29, 0.717) is 12.8 Å². The van der Waals surface area contributed by atoms with Crippen molar-refractivity contribution in [2.24, 2.45) is 5.92 Å². The average Bonchev–Trinajstić information content (AvgIpc) is 2.71. The molecular formula is C14H18O3S. The van der Waals surface area contributed by atoms with Gasteiger partial charge in [0.1, 0.15) is 6.10 Å². The SMILES string of the molecule is CCCCCC(=O)/C=C1\SC=C[C@@H]2OC(=O)C[C@H]12. The molecule has 1 fully saturated rings. The van der Waals surface area contributed by atoms with Gasteiger partial charge in [0.2, 0.25) is 0 Å². The van der Waals surface area contributed by atoms with E-state index >= 15 is 0 Å². The van der Waals surface area contributed by atoms with Crippen LogP contribution >= 0.6 is 11.8 Å². The number of carbonyl (C=O) groups is 2. The fraction of sp³-hybridized carbons (Fsp3) is 0.571. The fourth-order valence-corrected chi connectivity index (χ4v) is 3.20. The summed E-state index contributed by atoms with van der Waals surface area (Å²) < 4.78 is 5.18. The van der Waals surface area contributed by atoms with Gasteiger partial charge in [0.15, 0.2) is 5.78 Å². The van der Waals surface area contributed by atoms with Crippen molar-refractivity contribution >= 4 is 23.5 Å². The van der Waals surface area contributed by atoms with Crippen LogP contribution in [0.25, 0.3) is 0 Å². The number of ketones is 1. The topological polar surface area (TPSA) is 43.4 Å². The van der Waals surface area contributed by atoms with E-state index in [9.17, 15) is 9.59 Å². The monoisotopic (exact) mass is 266 g/mol. The molecule has 0 aromatic heterocycles. The molecule has 0 N–H and O–H groups in total. The highest BCUT2D eigenvalue weighted by molar-refractivity contribution is 8.05. The number of rotatable bonds is 5. The van der Waals surface area contributed by atoms with Crippen molar-refractivity contribution in [3.8, 4) is 0 Å². The summed E-state index contributed by atoms with van der Waals surface area (Å²) in [4.78, 5) is 24.1. The Morgan fingerprint density at radius 2 is 2.39 bits per heavy atom. The Labute approximate surface area is 112 Å². The molecule has 0 spiro atoms. The minimum Gasteiger partial charge on any atom is -0.457 e. The summed E-state index contributed by atoms with van der Waals surface area (Å²) in [6.07, 6.45) is 7.62. The first kappa shape index (κ1) is 13.4. The molecule has 18 heavy (non-hydrogen) atoms. The van der Waals surface area contributed by atoms with Crippen LogP contribution in [0.15, 0.2) is 22.5 Å². The van der Waals surface area contributed by atoms with Crippen molar-refractivity contribution < 1.29 is 14.3 Å². The van der Waals surface area contributed by atoms with Crippen molar-refractivity contribution in [1.82, 2.24) is 0 Å². The standard InChI is InChI=1S/C14H18O3S/c1-2-3-4-5-10(15)8-13-11-9-14(16)17-12(11)6-7-18-13/h6-8,11-12H,2-5,9H2,1H3/b13-8-/t11-,12-/m0/s1. The van der Waals surface area contributed by atoms with Gasteiger partial charge in [-0.2, -0.15) is 0 Å². The maximum atomic E-state index is 11.8. The van der Waals surface area contributed by atoms with Crippen molar-refractivity contribution in [1.29, 1.82) is 0 Å². The van der Waals surface area contributed by atoms with Crippen molar-refractivity contribution in [3.63, 3.8) is 0 Å². The number of thioether (sulfide) groups is 1. The maximum absolute atomic E-state index is 11.8. The van der Waals surface area contributed by atoms with Gasteiger partial charge in [0.05, 0.1) is 6.42 Å². The van der Waals surface area contributed by atoms with E-state index in [1.807, 2.05) is 11.5 Å². The molecule has 0 aromatic carbocycles. The van der Waals surface area contributed by atoms with E-state index in [-0.39, 0.29) is 23.8 Å².